The molecule has 1 aromatic heterocycles. The molecule has 6 heteroatoms. The van der Waals surface area contributed by atoms with Gasteiger partial charge in [-0.2, -0.15) is 0 Å². The second kappa shape index (κ2) is 4.26. The van der Waals surface area contributed by atoms with Gasteiger partial charge in [0.25, 0.3) is 0 Å². The fourth-order valence-corrected chi connectivity index (χ4v) is 1.30. The van der Waals surface area contributed by atoms with Crippen LogP contribution in [0.3, 0.4) is 0 Å². The fourth-order valence-electron chi connectivity index (χ4n) is 1.30. The van der Waals surface area contributed by atoms with E-state index in [9.17, 15) is 8.78 Å². The minimum atomic E-state index is -0.883. The third kappa shape index (κ3) is 2.16. The van der Waals surface area contributed by atoms with Gasteiger partial charge in [0.15, 0.2) is 11.6 Å². The molecule has 0 radical (unpaired) electrons. The normalized spacial score (nSPS) is 10.4. The van der Waals surface area contributed by atoms with Gasteiger partial charge in [-0.05, 0) is 12.1 Å². The number of rotatable bonds is 3. The Morgan fingerprint density at radius 3 is 2.88 bits per heavy atom. The van der Waals surface area contributed by atoms with E-state index < -0.39 is 11.6 Å². The molecule has 84 valence electrons. The Bertz CT molecular complexity index is 495. The Labute approximate surface area is 90.9 Å². The number of nitrogens with one attached hydrogen (secondary N) is 1. The average molecular weight is 224 g/mol. The van der Waals surface area contributed by atoms with Crippen molar-refractivity contribution >= 4 is 5.69 Å². The van der Waals surface area contributed by atoms with E-state index in [0.717, 1.165) is 6.07 Å². The van der Waals surface area contributed by atoms with Gasteiger partial charge in [-0.3, -0.25) is 4.68 Å². The van der Waals surface area contributed by atoms with Crippen molar-refractivity contribution in [1.82, 2.24) is 15.0 Å². The van der Waals surface area contributed by atoms with Crippen LogP contribution in [-0.2, 0) is 13.6 Å². The van der Waals surface area contributed by atoms with Crippen molar-refractivity contribution in [2.75, 3.05) is 5.32 Å². The van der Waals surface area contributed by atoms with E-state index in [1.54, 1.807) is 17.9 Å². The minimum Gasteiger partial charge on any atom is -0.377 e. The van der Waals surface area contributed by atoms with Crippen molar-refractivity contribution in [2.45, 2.75) is 6.54 Å². The van der Waals surface area contributed by atoms with Crippen LogP contribution in [0.4, 0.5) is 14.5 Å². The first-order valence-electron chi connectivity index (χ1n) is 4.70. The van der Waals surface area contributed by atoms with Crippen LogP contribution in [0.5, 0.6) is 0 Å². The second-order valence-electron chi connectivity index (χ2n) is 3.34. The monoisotopic (exact) mass is 224 g/mol. The van der Waals surface area contributed by atoms with Crippen LogP contribution in [0.25, 0.3) is 0 Å². The van der Waals surface area contributed by atoms with Crippen molar-refractivity contribution in [3.63, 3.8) is 0 Å². The summed E-state index contributed by atoms with van der Waals surface area (Å²) in [6.07, 6.45) is 1.70. The molecule has 0 aliphatic heterocycles. The summed E-state index contributed by atoms with van der Waals surface area (Å²) in [5.41, 5.74) is 0.775. The minimum absolute atomic E-state index is 0.116. The molecule has 2 rings (SSSR count). The van der Waals surface area contributed by atoms with E-state index in [1.807, 2.05) is 0 Å². The number of nitrogens with zero attached hydrogens (tertiary/aromatic N) is 3. The van der Waals surface area contributed by atoms with Gasteiger partial charge in [-0.1, -0.05) is 11.3 Å². The molecule has 0 fully saturated rings. The predicted octanol–water partition coefficient (Wildman–Crippen LogP) is 1.71. The summed E-state index contributed by atoms with van der Waals surface area (Å²) < 4.78 is 27.6. The first-order chi connectivity index (χ1) is 7.66. The summed E-state index contributed by atoms with van der Waals surface area (Å²) in [5, 5.41) is 10.3. The van der Waals surface area contributed by atoms with Crippen LogP contribution in [0, 0.1) is 11.6 Å². The van der Waals surface area contributed by atoms with Gasteiger partial charge in [0, 0.05) is 13.2 Å². The number of benzene rings is 1. The molecule has 1 heterocycles. The standard InChI is InChI=1S/C10H10F2N4/c1-16-6-7(14-15-16)5-13-9-4-2-3-8(11)10(9)12/h2-4,6,13H,5H2,1H3. The Hall–Kier alpha value is -1.98. The van der Waals surface area contributed by atoms with Crippen LogP contribution in [0.15, 0.2) is 24.4 Å². The molecule has 0 bridgehead atoms. The Kier molecular flexibility index (Phi) is 2.80. The lowest BCUT2D eigenvalue weighted by Gasteiger charge is -2.05. The van der Waals surface area contributed by atoms with Crippen molar-refractivity contribution in [1.29, 1.82) is 0 Å². The van der Waals surface area contributed by atoms with Crippen LogP contribution < -0.4 is 5.32 Å². The van der Waals surface area contributed by atoms with Gasteiger partial charge in [0.1, 0.15) is 5.69 Å². The third-order valence-corrected chi connectivity index (χ3v) is 2.06. The smallest absolute Gasteiger partial charge is 0.181 e. The molecule has 2 aromatic rings. The van der Waals surface area contributed by atoms with Gasteiger partial charge in [0.2, 0.25) is 0 Å². The summed E-state index contributed by atoms with van der Waals surface area (Å²) in [5.74, 6) is -1.75. The topological polar surface area (TPSA) is 42.7 Å². The van der Waals surface area contributed by atoms with E-state index in [4.69, 9.17) is 0 Å². The molecular weight excluding hydrogens is 214 g/mol. The number of aromatic nitrogens is 3. The maximum Gasteiger partial charge on any atom is 0.181 e. The summed E-state index contributed by atoms with van der Waals surface area (Å²) >= 11 is 0. The highest BCUT2D eigenvalue weighted by atomic mass is 19.2. The molecule has 0 saturated heterocycles. The predicted molar refractivity (Wildman–Crippen MR) is 54.7 cm³/mol. The maximum atomic E-state index is 13.2. The van der Waals surface area contributed by atoms with Crippen molar-refractivity contribution < 1.29 is 8.78 Å². The zero-order valence-corrected chi connectivity index (χ0v) is 8.61. The second-order valence-corrected chi connectivity index (χ2v) is 3.34. The van der Waals surface area contributed by atoms with Crippen LogP contribution in [-0.4, -0.2) is 15.0 Å². The first-order valence-corrected chi connectivity index (χ1v) is 4.70. The molecule has 1 N–H and O–H groups in total. The van der Waals surface area contributed by atoms with E-state index >= 15 is 0 Å². The number of halogens is 2. The van der Waals surface area contributed by atoms with Gasteiger partial charge in [0.05, 0.1) is 12.2 Å². The lowest BCUT2D eigenvalue weighted by molar-refractivity contribution is 0.511. The Morgan fingerprint density at radius 1 is 1.38 bits per heavy atom. The largest absolute Gasteiger partial charge is 0.377 e. The zero-order valence-electron chi connectivity index (χ0n) is 8.61. The molecule has 0 saturated carbocycles. The van der Waals surface area contributed by atoms with Crippen LogP contribution >= 0.6 is 0 Å². The van der Waals surface area contributed by atoms with Gasteiger partial charge in [-0.15, -0.1) is 5.10 Å². The van der Waals surface area contributed by atoms with E-state index in [-0.39, 0.29) is 5.69 Å². The van der Waals surface area contributed by atoms with Gasteiger partial charge < -0.3 is 5.32 Å². The zero-order chi connectivity index (χ0) is 11.5. The fraction of sp³-hybridized carbons (Fsp3) is 0.200. The first kappa shape index (κ1) is 10.5. The maximum absolute atomic E-state index is 13.2. The third-order valence-electron chi connectivity index (χ3n) is 2.06. The molecule has 0 aliphatic carbocycles. The summed E-state index contributed by atoms with van der Waals surface area (Å²) in [6, 6.07) is 3.98. The van der Waals surface area contributed by atoms with Gasteiger partial charge >= 0.3 is 0 Å². The molecule has 0 spiro atoms. The lowest BCUT2D eigenvalue weighted by Crippen LogP contribution is -2.02. The molecule has 0 aliphatic rings. The molecule has 1 aromatic carbocycles. The number of anilines is 1. The highest BCUT2D eigenvalue weighted by Crippen LogP contribution is 2.16. The molecular formula is C10H10F2N4. The van der Waals surface area contributed by atoms with Crippen molar-refractivity contribution in [3.8, 4) is 0 Å². The summed E-state index contributed by atoms with van der Waals surface area (Å²) in [4.78, 5) is 0. The Balaban J connectivity index is 2.07. The number of aryl methyl sites for hydroxylation is 1. The molecule has 0 atom stereocenters. The van der Waals surface area contributed by atoms with Gasteiger partial charge in [-0.25, -0.2) is 8.78 Å². The van der Waals surface area contributed by atoms with Crippen LogP contribution in [0.2, 0.25) is 0 Å². The van der Waals surface area contributed by atoms with Crippen molar-refractivity contribution in [2.24, 2.45) is 7.05 Å². The SMILES string of the molecule is Cn1cc(CNc2cccc(F)c2F)nn1. The molecule has 0 unspecified atom stereocenters. The van der Waals surface area contributed by atoms with E-state index in [2.05, 4.69) is 15.6 Å². The summed E-state index contributed by atoms with van der Waals surface area (Å²) in [6.45, 7) is 0.300. The van der Waals surface area contributed by atoms with Crippen LogP contribution in [0.1, 0.15) is 5.69 Å². The average Bonchev–Trinajstić information content (AvgIpc) is 2.67. The number of hydrogen-bond donors (Lipinski definition) is 1. The molecule has 4 nitrogen and oxygen atoms in total. The highest BCUT2D eigenvalue weighted by molar-refractivity contribution is 5.44. The molecule has 16 heavy (non-hydrogen) atoms. The quantitative estimate of drug-likeness (QED) is 0.863. The van der Waals surface area contributed by atoms with E-state index in [1.165, 1.54) is 12.1 Å². The van der Waals surface area contributed by atoms with E-state index in [0.29, 0.717) is 12.2 Å². The number of hydrogen-bond acceptors (Lipinski definition) is 3. The Morgan fingerprint density at radius 2 is 2.19 bits per heavy atom. The lowest BCUT2D eigenvalue weighted by atomic mass is 10.3. The molecule has 0 amide bonds. The van der Waals surface area contributed by atoms with Crippen molar-refractivity contribution in [3.05, 3.63) is 41.7 Å². The summed E-state index contributed by atoms with van der Waals surface area (Å²) in [7, 11) is 1.74. The highest BCUT2D eigenvalue weighted by Gasteiger charge is 2.07.